The van der Waals surface area contributed by atoms with Crippen LogP contribution in [0.5, 0.6) is 0 Å². The highest BCUT2D eigenvalue weighted by atomic mass is 16.1. The normalized spacial score (nSPS) is 17.2. The molecule has 7 heteroatoms. The molecule has 3 aromatic rings. The first kappa shape index (κ1) is 19.3. The highest BCUT2D eigenvalue weighted by molar-refractivity contribution is 6.04. The van der Waals surface area contributed by atoms with Crippen molar-refractivity contribution < 1.29 is 4.79 Å². The number of carbonyl (C=O) groups is 1. The summed E-state index contributed by atoms with van der Waals surface area (Å²) in [7, 11) is 0. The summed E-state index contributed by atoms with van der Waals surface area (Å²) in [6.07, 6.45) is 5.42. The maximum absolute atomic E-state index is 12.6. The third-order valence-corrected chi connectivity index (χ3v) is 5.46. The van der Waals surface area contributed by atoms with E-state index in [1.807, 2.05) is 36.4 Å². The Labute approximate surface area is 170 Å². The molecule has 4 rings (SSSR count). The Bertz CT molecular complexity index is 938. The van der Waals surface area contributed by atoms with Gasteiger partial charge in [0.25, 0.3) is 5.91 Å². The zero-order valence-electron chi connectivity index (χ0n) is 16.7. The Morgan fingerprint density at radius 3 is 2.72 bits per heavy atom. The maximum atomic E-state index is 12.6. The summed E-state index contributed by atoms with van der Waals surface area (Å²) < 4.78 is 1.64. The molecule has 1 fully saturated rings. The summed E-state index contributed by atoms with van der Waals surface area (Å²) in [4.78, 5) is 15.2. The molecule has 0 radical (unpaired) electrons. The van der Waals surface area contributed by atoms with Gasteiger partial charge in [-0.3, -0.25) is 9.69 Å². The van der Waals surface area contributed by atoms with Gasteiger partial charge in [-0.05, 0) is 72.1 Å². The van der Waals surface area contributed by atoms with E-state index in [-0.39, 0.29) is 5.91 Å². The van der Waals surface area contributed by atoms with Crippen LogP contribution in [0, 0.1) is 0 Å². The monoisotopic (exact) mass is 390 g/mol. The number of likely N-dealkylation sites (tertiary alicyclic amines) is 1. The predicted octanol–water partition coefficient (Wildman–Crippen LogP) is 3.35. The molecule has 7 nitrogen and oxygen atoms in total. The van der Waals surface area contributed by atoms with Crippen LogP contribution in [0.1, 0.15) is 47.7 Å². The molecular formula is C22H26N6O. The molecule has 0 saturated carbocycles. The van der Waals surface area contributed by atoms with Gasteiger partial charge in [0.1, 0.15) is 6.33 Å². The zero-order chi connectivity index (χ0) is 20.1. The number of aromatic nitrogens is 4. The lowest BCUT2D eigenvalue weighted by atomic mass is 10.0. The number of nitrogens with zero attached hydrogens (tertiary/aromatic N) is 5. The summed E-state index contributed by atoms with van der Waals surface area (Å²) >= 11 is 0. The fourth-order valence-corrected chi connectivity index (χ4v) is 3.78. The molecule has 2 aromatic carbocycles. The molecule has 1 amide bonds. The van der Waals surface area contributed by atoms with Gasteiger partial charge in [0, 0.05) is 23.8 Å². The molecule has 1 aromatic heterocycles. The van der Waals surface area contributed by atoms with E-state index in [9.17, 15) is 4.79 Å². The number of hydrogen-bond acceptors (Lipinski definition) is 5. The third kappa shape index (κ3) is 5.06. The Morgan fingerprint density at radius 1 is 1.10 bits per heavy atom. The second kappa shape index (κ2) is 8.96. The second-order valence-electron chi connectivity index (χ2n) is 7.67. The predicted molar refractivity (Wildman–Crippen MR) is 111 cm³/mol. The highest BCUT2D eigenvalue weighted by Crippen LogP contribution is 2.21. The molecule has 29 heavy (non-hydrogen) atoms. The topological polar surface area (TPSA) is 75.9 Å². The molecule has 0 bridgehead atoms. The van der Waals surface area contributed by atoms with E-state index in [2.05, 4.69) is 44.8 Å². The average molecular weight is 390 g/mol. The summed E-state index contributed by atoms with van der Waals surface area (Å²) in [5.74, 6) is -0.109. The van der Waals surface area contributed by atoms with Crippen molar-refractivity contribution in [1.29, 1.82) is 0 Å². The van der Waals surface area contributed by atoms with Crippen LogP contribution < -0.4 is 5.32 Å². The fraction of sp³-hybridized carbons (Fsp3) is 0.364. The van der Waals surface area contributed by atoms with E-state index in [0.29, 0.717) is 18.2 Å². The van der Waals surface area contributed by atoms with Crippen molar-refractivity contribution in [3.63, 3.8) is 0 Å². The smallest absolute Gasteiger partial charge is 0.255 e. The molecule has 2 heterocycles. The van der Waals surface area contributed by atoms with Gasteiger partial charge in [-0.1, -0.05) is 30.7 Å². The van der Waals surface area contributed by atoms with Crippen molar-refractivity contribution in [2.24, 2.45) is 0 Å². The number of anilines is 1. The van der Waals surface area contributed by atoms with Gasteiger partial charge in [-0.25, -0.2) is 4.68 Å². The van der Waals surface area contributed by atoms with Gasteiger partial charge in [0.05, 0.1) is 6.54 Å². The van der Waals surface area contributed by atoms with Crippen LogP contribution in [-0.2, 0) is 13.1 Å². The lowest BCUT2D eigenvalue weighted by molar-refractivity contribution is 0.102. The van der Waals surface area contributed by atoms with Crippen LogP contribution in [0.15, 0.2) is 54.9 Å². The first-order chi connectivity index (χ1) is 14.2. The molecule has 0 spiro atoms. The first-order valence-corrected chi connectivity index (χ1v) is 10.1. The minimum absolute atomic E-state index is 0.109. The van der Waals surface area contributed by atoms with Crippen molar-refractivity contribution in [3.8, 4) is 0 Å². The lowest BCUT2D eigenvalue weighted by Crippen LogP contribution is -2.36. The molecule has 150 valence electrons. The van der Waals surface area contributed by atoms with E-state index >= 15 is 0 Å². The van der Waals surface area contributed by atoms with E-state index in [1.165, 1.54) is 24.8 Å². The second-order valence-corrected chi connectivity index (χ2v) is 7.67. The average Bonchev–Trinajstić information content (AvgIpc) is 3.24. The summed E-state index contributed by atoms with van der Waals surface area (Å²) in [6, 6.07) is 16.3. The van der Waals surface area contributed by atoms with Crippen molar-refractivity contribution in [2.45, 2.75) is 45.3 Å². The summed E-state index contributed by atoms with van der Waals surface area (Å²) in [5.41, 5.74) is 3.72. The highest BCUT2D eigenvalue weighted by Gasteiger charge is 2.18. The van der Waals surface area contributed by atoms with Gasteiger partial charge in [-0.2, -0.15) is 0 Å². The van der Waals surface area contributed by atoms with Crippen molar-refractivity contribution in [3.05, 3.63) is 71.5 Å². The number of rotatable bonds is 6. The van der Waals surface area contributed by atoms with Crippen LogP contribution in [0.2, 0.25) is 0 Å². The third-order valence-electron chi connectivity index (χ3n) is 5.46. The first-order valence-electron chi connectivity index (χ1n) is 10.1. The van der Waals surface area contributed by atoms with E-state index < -0.39 is 0 Å². The van der Waals surface area contributed by atoms with Gasteiger partial charge in [0.15, 0.2) is 0 Å². The maximum Gasteiger partial charge on any atom is 0.255 e. The van der Waals surface area contributed by atoms with E-state index in [0.717, 1.165) is 24.3 Å². The number of hydrogen-bond donors (Lipinski definition) is 1. The standard InChI is InChI=1S/C22H26N6O/c1-17-5-2-3-12-27(17)14-19-6-4-7-21(13-19)24-22(29)20-10-8-18(9-11-20)15-28-16-23-25-26-28/h4,6-11,13,16-17H,2-3,5,12,14-15H2,1H3,(H,24,29). The van der Waals surface area contributed by atoms with Gasteiger partial charge in [-0.15, -0.1) is 5.10 Å². The van der Waals surface area contributed by atoms with Crippen LogP contribution in [-0.4, -0.2) is 43.6 Å². The minimum atomic E-state index is -0.109. The van der Waals surface area contributed by atoms with Crippen molar-refractivity contribution >= 4 is 11.6 Å². The van der Waals surface area contributed by atoms with Crippen LogP contribution in [0.25, 0.3) is 0 Å². The molecule has 0 aliphatic carbocycles. The van der Waals surface area contributed by atoms with Crippen LogP contribution in [0.3, 0.4) is 0 Å². The fourth-order valence-electron chi connectivity index (χ4n) is 3.78. The van der Waals surface area contributed by atoms with E-state index in [4.69, 9.17) is 0 Å². The van der Waals surface area contributed by atoms with Gasteiger partial charge in [0.2, 0.25) is 0 Å². The summed E-state index contributed by atoms with van der Waals surface area (Å²) in [5, 5.41) is 14.1. The Hall–Kier alpha value is -3.06. The number of amides is 1. The lowest BCUT2D eigenvalue weighted by Gasteiger charge is -2.33. The van der Waals surface area contributed by atoms with Gasteiger partial charge >= 0.3 is 0 Å². The molecule has 1 aliphatic rings. The van der Waals surface area contributed by atoms with Crippen molar-refractivity contribution in [1.82, 2.24) is 25.1 Å². The van der Waals surface area contributed by atoms with Crippen LogP contribution >= 0.6 is 0 Å². The molecule has 1 aliphatic heterocycles. The number of piperidine rings is 1. The minimum Gasteiger partial charge on any atom is -0.322 e. The Balaban J connectivity index is 1.37. The molecule has 1 unspecified atom stereocenters. The summed E-state index contributed by atoms with van der Waals surface area (Å²) in [6.45, 7) is 4.95. The van der Waals surface area contributed by atoms with E-state index in [1.54, 1.807) is 11.0 Å². The number of carbonyl (C=O) groups excluding carboxylic acids is 1. The molecule has 1 saturated heterocycles. The Kier molecular flexibility index (Phi) is 5.95. The number of nitrogens with one attached hydrogen (secondary N) is 1. The zero-order valence-corrected chi connectivity index (χ0v) is 16.7. The number of benzene rings is 2. The SMILES string of the molecule is CC1CCCCN1Cc1cccc(NC(=O)c2ccc(Cn3cnnn3)cc2)c1. The quantitative estimate of drug-likeness (QED) is 0.699. The van der Waals surface area contributed by atoms with Crippen molar-refractivity contribution in [2.75, 3.05) is 11.9 Å². The number of tetrazole rings is 1. The largest absolute Gasteiger partial charge is 0.322 e. The molecule has 1 atom stereocenters. The Morgan fingerprint density at radius 2 is 1.97 bits per heavy atom. The molecule has 1 N–H and O–H groups in total. The van der Waals surface area contributed by atoms with Crippen LogP contribution in [0.4, 0.5) is 5.69 Å². The molecular weight excluding hydrogens is 364 g/mol. The van der Waals surface area contributed by atoms with Gasteiger partial charge < -0.3 is 5.32 Å².